The van der Waals surface area contributed by atoms with Gasteiger partial charge in [0.25, 0.3) is 10.0 Å². The molecule has 0 aliphatic heterocycles. The lowest BCUT2D eigenvalue weighted by atomic mass is 10.2. The van der Waals surface area contributed by atoms with Crippen molar-refractivity contribution >= 4 is 27.4 Å². The highest BCUT2D eigenvalue weighted by atomic mass is 35.5. The number of nitrogens with one attached hydrogen (secondary N) is 2. The number of sulfonamides is 1. The molecule has 2 aromatic rings. The van der Waals surface area contributed by atoms with Gasteiger partial charge in [0, 0.05) is 6.20 Å². The topological polar surface area (TPSA) is 94.9 Å². The molecule has 1 heterocycles. The molecule has 1 aromatic carbocycles. The smallest absolute Gasteiger partial charge is 0.291 e. The molecular formula is C13H8ClF3N4O2S. The predicted molar refractivity (Wildman–Crippen MR) is 79.4 cm³/mol. The van der Waals surface area contributed by atoms with Gasteiger partial charge in [-0.15, -0.1) is 4.83 Å². The number of anilines is 1. The van der Waals surface area contributed by atoms with Gasteiger partial charge in [0.2, 0.25) is 0 Å². The molecule has 0 fully saturated rings. The standard InChI is InChI=1S/C13H8ClF3N4O2S/c14-11-5-9(13(15,16)17)7-19-12(11)20-21-24(22,23)10-3-1-8(6-18)2-4-10/h1-5,7,21H,(H,19,20). The lowest BCUT2D eigenvalue weighted by Gasteiger charge is -2.12. The maximum absolute atomic E-state index is 12.5. The zero-order chi connectivity index (χ0) is 18.0. The van der Waals surface area contributed by atoms with E-state index in [9.17, 15) is 21.6 Å². The lowest BCUT2D eigenvalue weighted by molar-refractivity contribution is -0.137. The van der Waals surface area contributed by atoms with E-state index >= 15 is 0 Å². The second kappa shape index (κ2) is 6.64. The van der Waals surface area contributed by atoms with Crippen LogP contribution < -0.4 is 10.3 Å². The van der Waals surface area contributed by atoms with Crippen LogP contribution >= 0.6 is 11.6 Å². The van der Waals surface area contributed by atoms with E-state index < -0.39 is 26.8 Å². The molecule has 0 aliphatic rings. The number of nitrogens with zero attached hydrogens (tertiary/aromatic N) is 2. The summed E-state index contributed by atoms with van der Waals surface area (Å²) in [6, 6.07) is 7.46. The van der Waals surface area contributed by atoms with Gasteiger partial charge in [-0.25, -0.2) is 13.4 Å². The third-order valence-corrected chi connectivity index (χ3v) is 4.32. The normalized spacial score (nSPS) is 11.8. The Morgan fingerprint density at radius 2 is 1.83 bits per heavy atom. The summed E-state index contributed by atoms with van der Waals surface area (Å²) in [5.74, 6) is -0.290. The Balaban J connectivity index is 2.16. The van der Waals surface area contributed by atoms with Crippen LogP contribution in [-0.2, 0) is 16.2 Å². The van der Waals surface area contributed by atoms with E-state index in [-0.39, 0.29) is 16.3 Å². The van der Waals surface area contributed by atoms with Crippen molar-refractivity contribution in [2.75, 3.05) is 5.43 Å². The Labute approximate surface area is 139 Å². The maximum atomic E-state index is 12.5. The number of nitriles is 1. The molecule has 0 atom stereocenters. The summed E-state index contributed by atoms with van der Waals surface area (Å²) in [5, 5.41) is 8.25. The molecule has 2 N–H and O–H groups in total. The van der Waals surface area contributed by atoms with Crippen molar-refractivity contribution in [1.29, 1.82) is 5.26 Å². The van der Waals surface area contributed by atoms with Crippen LogP contribution in [0.3, 0.4) is 0 Å². The minimum absolute atomic E-state index is 0.156. The Bertz CT molecular complexity index is 893. The van der Waals surface area contributed by atoms with Crippen LogP contribution in [0.15, 0.2) is 41.4 Å². The molecule has 0 amide bonds. The van der Waals surface area contributed by atoms with Gasteiger partial charge in [-0.3, -0.25) is 5.43 Å². The van der Waals surface area contributed by atoms with Gasteiger partial charge in [-0.05, 0) is 30.3 Å². The molecule has 0 saturated heterocycles. The second-order valence-electron chi connectivity index (χ2n) is 4.42. The van der Waals surface area contributed by atoms with E-state index in [4.69, 9.17) is 16.9 Å². The molecule has 2 rings (SSSR count). The van der Waals surface area contributed by atoms with Crippen molar-refractivity contribution in [3.05, 3.63) is 52.7 Å². The SMILES string of the molecule is N#Cc1ccc(S(=O)(=O)NNc2ncc(C(F)(F)F)cc2Cl)cc1. The Hall–Kier alpha value is -2.35. The van der Waals surface area contributed by atoms with Crippen molar-refractivity contribution in [1.82, 2.24) is 9.82 Å². The van der Waals surface area contributed by atoms with Gasteiger partial charge in [0.15, 0.2) is 5.82 Å². The third-order valence-electron chi connectivity index (χ3n) is 2.77. The number of aromatic nitrogens is 1. The molecule has 0 bridgehead atoms. The summed E-state index contributed by atoms with van der Waals surface area (Å²) >= 11 is 5.65. The van der Waals surface area contributed by atoms with Crippen molar-refractivity contribution in [3.8, 4) is 6.07 Å². The molecule has 0 radical (unpaired) electrons. The van der Waals surface area contributed by atoms with Crippen molar-refractivity contribution in [2.24, 2.45) is 0 Å². The summed E-state index contributed by atoms with van der Waals surface area (Å²) in [6.45, 7) is 0. The second-order valence-corrected chi connectivity index (χ2v) is 6.51. The molecule has 0 saturated carbocycles. The van der Waals surface area contributed by atoms with Gasteiger partial charge in [-0.2, -0.15) is 18.4 Å². The summed E-state index contributed by atoms with van der Waals surface area (Å²) in [4.78, 5) is 5.22. The largest absolute Gasteiger partial charge is 0.417 e. The van der Waals surface area contributed by atoms with Gasteiger partial charge in [0.1, 0.15) is 0 Å². The molecule has 126 valence electrons. The van der Waals surface area contributed by atoms with Crippen LogP contribution in [0.1, 0.15) is 11.1 Å². The van der Waals surface area contributed by atoms with Gasteiger partial charge in [0.05, 0.1) is 27.1 Å². The first kappa shape index (κ1) is 18.0. The molecule has 6 nitrogen and oxygen atoms in total. The fraction of sp³-hybridized carbons (Fsp3) is 0.0769. The average molecular weight is 377 g/mol. The van der Waals surface area contributed by atoms with Crippen LogP contribution in [0.25, 0.3) is 0 Å². The Morgan fingerprint density at radius 1 is 1.21 bits per heavy atom. The number of alkyl halides is 3. The predicted octanol–water partition coefficient (Wildman–Crippen LogP) is 2.93. The summed E-state index contributed by atoms with van der Waals surface area (Å²) in [5.41, 5.74) is 1.36. The number of hydrazine groups is 1. The van der Waals surface area contributed by atoms with Crippen molar-refractivity contribution in [3.63, 3.8) is 0 Å². The first-order chi connectivity index (χ1) is 11.1. The number of hydrogen-bond donors (Lipinski definition) is 2. The van der Waals surface area contributed by atoms with Gasteiger partial charge >= 0.3 is 6.18 Å². The minimum Gasteiger partial charge on any atom is -0.291 e. The number of benzene rings is 1. The van der Waals surface area contributed by atoms with Crippen molar-refractivity contribution < 1.29 is 21.6 Å². The first-order valence-corrected chi connectivity index (χ1v) is 8.00. The third kappa shape index (κ3) is 4.14. The average Bonchev–Trinajstić information content (AvgIpc) is 2.53. The molecule has 1 aromatic heterocycles. The number of rotatable bonds is 4. The summed E-state index contributed by atoms with van der Waals surface area (Å²) in [7, 11) is -4.03. The van der Waals surface area contributed by atoms with E-state index in [1.807, 2.05) is 10.9 Å². The summed E-state index contributed by atoms with van der Waals surface area (Å²) in [6.07, 6.45) is -4.10. The monoisotopic (exact) mass is 376 g/mol. The molecule has 0 aliphatic carbocycles. The van der Waals surface area contributed by atoms with Crippen molar-refractivity contribution in [2.45, 2.75) is 11.1 Å². The zero-order valence-corrected chi connectivity index (χ0v) is 13.2. The van der Waals surface area contributed by atoms with Crippen LogP contribution in [0, 0.1) is 11.3 Å². The van der Waals surface area contributed by atoms with Crippen LogP contribution in [0.4, 0.5) is 19.0 Å². The fourth-order valence-corrected chi connectivity index (χ4v) is 2.62. The Kier molecular flexibility index (Phi) is 4.98. The minimum atomic E-state index is -4.61. The van der Waals surface area contributed by atoms with E-state index in [1.54, 1.807) is 0 Å². The van der Waals surface area contributed by atoms with Crippen LogP contribution in [0.5, 0.6) is 0 Å². The number of hydrogen-bond acceptors (Lipinski definition) is 5. The Morgan fingerprint density at radius 3 is 2.33 bits per heavy atom. The quantitative estimate of drug-likeness (QED) is 0.800. The number of halogens is 4. The van der Waals surface area contributed by atoms with E-state index in [0.29, 0.717) is 12.3 Å². The molecule has 11 heteroatoms. The summed E-state index contributed by atoms with van der Waals surface area (Å²) < 4.78 is 61.6. The molecule has 0 unspecified atom stereocenters. The van der Waals surface area contributed by atoms with Crippen LogP contribution in [-0.4, -0.2) is 13.4 Å². The van der Waals surface area contributed by atoms with E-state index in [2.05, 4.69) is 10.4 Å². The highest BCUT2D eigenvalue weighted by Gasteiger charge is 2.31. The zero-order valence-electron chi connectivity index (χ0n) is 11.6. The maximum Gasteiger partial charge on any atom is 0.417 e. The van der Waals surface area contributed by atoms with Crippen LogP contribution in [0.2, 0.25) is 5.02 Å². The lowest BCUT2D eigenvalue weighted by Crippen LogP contribution is -2.30. The number of pyridine rings is 1. The molecule has 24 heavy (non-hydrogen) atoms. The fourth-order valence-electron chi connectivity index (χ4n) is 1.57. The van der Waals surface area contributed by atoms with Gasteiger partial charge in [-0.1, -0.05) is 11.6 Å². The molecule has 0 spiro atoms. The van der Waals surface area contributed by atoms with E-state index in [0.717, 1.165) is 0 Å². The van der Waals surface area contributed by atoms with E-state index in [1.165, 1.54) is 24.3 Å². The first-order valence-electron chi connectivity index (χ1n) is 6.14. The highest BCUT2D eigenvalue weighted by Crippen LogP contribution is 2.32. The molecular weight excluding hydrogens is 369 g/mol. The van der Waals surface area contributed by atoms with Gasteiger partial charge < -0.3 is 0 Å². The highest BCUT2D eigenvalue weighted by molar-refractivity contribution is 7.89.